The van der Waals surface area contributed by atoms with E-state index < -0.39 is 35.8 Å². The molecule has 35 heavy (non-hydrogen) atoms. The van der Waals surface area contributed by atoms with Crippen LogP contribution in [0.3, 0.4) is 0 Å². The molecular weight excluding hydrogens is 453 g/mol. The highest BCUT2D eigenvalue weighted by molar-refractivity contribution is 5.99. The highest BCUT2D eigenvalue weighted by atomic mass is 19.1. The Morgan fingerprint density at radius 2 is 1.63 bits per heavy atom. The molecule has 2 fully saturated rings. The summed E-state index contributed by atoms with van der Waals surface area (Å²) in [6.45, 7) is 6.10. The second-order valence-electron chi connectivity index (χ2n) is 10.8. The lowest BCUT2D eigenvalue weighted by molar-refractivity contribution is -0.144. The van der Waals surface area contributed by atoms with E-state index in [2.05, 4.69) is 5.32 Å². The number of rotatable bonds is 7. The molecule has 2 N–H and O–H groups in total. The lowest BCUT2D eigenvalue weighted by Gasteiger charge is -2.34. The van der Waals surface area contributed by atoms with Crippen molar-refractivity contribution in [1.82, 2.24) is 15.1 Å². The monoisotopic (exact) mass is 489 g/mol. The van der Waals surface area contributed by atoms with Crippen molar-refractivity contribution in [3.8, 4) is 0 Å². The highest BCUT2D eigenvalue weighted by Crippen LogP contribution is 2.29. The van der Waals surface area contributed by atoms with Gasteiger partial charge in [-0.1, -0.05) is 40.0 Å². The first-order valence-corrected chi connectivity index (χ1v) is 12.3. The number of carboxylic acids is 1. The maximum atomic E-state index is 13.6. The molecule has 1 aromatic carbocycles. The first-order chi connectivity index (χ1) is 16.5. The number of nitrogens with one attached hydrogen (secondary N) is 1. The van der Waals surface area contributed by atoms with Crippen LogP contribution in [0.1, 0.15) is 76.1 Å². The molecule has 2 aliphatic rings. The molecule has 1 saturated carbocycles. The van der Waals surface area contributed by atoms with Gasteiger partial charge in [-0.2, -0.15) is 0 Å². The molecule has 0 bridgehead atoms. The normalized spacial score (nSPS) is 19.9. The van der Waals surface area contributed by atoms with Crippen LogP contribution in [0, 0.1) is 17.2 Å². The number of carboxylic acid groups (broad SMARTS) is 1. The molecule has 192 valence electrons. The van der Waals surface area contributed by atoms with Gasteiger partial charge in [-0.25, -0.2) is 4.39 Å². The van der Waals surface area contributed by atoms with Crippen molar-refractivity contribution < 1.29 is 28.7 Å². The maximum Gasteiger partial charge on any atom is 0.305 e. The Morgan fingerprint density at radius 1 is 1.03 bits per heavy atom. The lowest BCUT2D eigenvalue weighted by Crippen LogP contribution is -2.57. The number of hydrogen-bond donors (Lipinski definition) is 2. The van der Waals surface area contributed by atoms with Gasteiger partial charge in [-0.05, 0) is 48.4 Å². The Bertz CT molecular complexity index is 937. The molecule has 2 atom stereocenters. The van der Waals surface area contributed by atoms with Crippen LogP contribution in [0.2, 0.25) is 0 Å². The van der Waals surface area contributed by atoms with Crippen molar-refractivity contribution >= 4 is 23.7 Å². The lowest BCUT2D eigenvalue weighted by atomic mass is 9.82. The Morgan fingerprint density at radius 3 is 2.20 bits per heavy atom. The molecule has 1 aliphatic heterocycles. The third kappa shape index (κ3) is 7.02. The SMILES string of the molecule is CC(C)(C)CC(=O)N1CCN(C(=O)c2ccc(F)cc2)C1C(=O)NC(CC(=O)O)C1CCCCC1. The second-order valence-corrected chi connectivity index (χ2v) is 10.8. The van der Waals surface area contributed by atoms with Gasteiger partial charge in [0, 0.05) is 31.1 Å². The molecule has 8 nitrogen and oxygen atoms in total. The van der Waals surface area contributed by atoms with Gasteiger partial charge in [0.15, 0.2) is 6.17 Å². The van der Waals surface area contributed by atoms with Crippen LogP contribution in [-0.4, -0.2) is 63.9 Å². The Balaban J connectivity index is 1.88. The summed E-state index contributed by atoms with van der Waals surface area (Å²) >= 11 is 0. The number of amides is 3. The molecule has 9 heteroatoms. The molecule has 0 radical (unpaired) electrons. The van der Waals surface area contributed by atoms with E-state index in [9.17, 15) is 28.7 Å². The minimum atomic E-state index is -1.19. The van der Waals surface area contributed by atoms with E-state index in [1.807, 2.05) is 20.8 Å². The van der Waals surface area contributed by atoms with Gasteiger partial charge >= 0.3 is 5.97 Å². The third-order valence-electron chi connectivity index (χ3n) is 6.70. The van der Waals surface area contributed by atoms with E-state index in [1.165, 1.54) is 34.1 Å². The molecular formula is C26H36FN3O5. The van der Waals surface area contributed by atoms with Gasteiger partial charge in [-0.3, -0.25) is 19.2 Å². The van der Waals surface area contributed by atoms with Gasteiger partial charge in [0.1, 0.15) is 5.82 Å². The summed E-state index contributed by atoms with van der Waals surface area (Å²) in [5.74, 6) is -2.75. The van der Waals surface area contributed by atoms with Crippen molar-refractivity contribution in [2.45, 2.75) is 77.9 Å². The van der Waals surface area contributed by atoms with Crippen molar-refractivity contribution in [2.75, 3.05) is 13.1 Å². The topological polar surface area (TPSA) is 107 Å². The number of carbonyl (C=O) groups is 4. The minimum Gasteiger partial charge on any atom is -0.481 e. The van der Waals surface area contributed by atoms with E-state index in [-0.39, 0.29) is 48.7 Å². The number of aliphatic carboxylic acids is 1. The number of benzene rings is 1. The van der Waals surface area contributed by atoms with E-state index in [1.54, 1.807) is 0 Å². The van der Waals surface area contributed by atoms with Crippen molar-refractivity contribution in [1.29, 1.82) is 0 Å². The number of carbonyl (C=O) groups excluding carboxylic acids is 3. The Kier molecular flexibility index (Phi) is 8.51. The van der Waals surface area contributed by atoms with Crippen LogP contribution in [0.15, 0.2) is 24.3 Å². The third-order valence-corrected chi connectivity index (χ3v) is 6.70. The summed E-state index contributed by atoms with van der Waals surface area (Å²) in [7, 11) is 0. The van der Waals surface area contributed by atoms with Gasteiger partial charge in [0.25, 0.3) is 11.8 Å². The van der Waals surface area contributed by atoms with Crippen molar-refractivity contribution in [3.05, 3.63) is 35.6 Å². The molecule has 1 aromatic rings. The summed E-state index contributed by atoms with van der Waals surface area (Å²) in [5.41, 5.74) is -0.107. The predicted molar refractivity (Wildman–Crippen MR) is 128 cm³/mol. The molecule has 1 heterocycles. The highest BCUT2D eigenvalue weighted by Gasteiger charge is 2.44. The molecule has 3 amide bonds. The van der Waals surface area contributed by atoms with Gasteiger partial charge < -0.3 is 20.2 Å². The summed E-state index contributed by atoms with van der Waals surface area (Å²) in [6.07, 6.45) is 3.48. The predicted octanol–water partition coefficient (Wildman–Crippen LogP) is 3.41. The average Bonchev–Trinajstić information content (AvgIpc) is 3.23. The fraction of sp³-hybridized carbons (Fsp3) is 0.615. The molecule has 1 aliphatic carbocycles. The number of hydrogen-bond acceptors (Lipinski definition) is 4. The quantitative estimate of drug-likeness (QED) is 0.610. The van der Waals surface area contributed by atoms with Crippen LogP contribution in [0.25, 0.3) is 0 Å². The second kappa shape index (κ2) is 11.2. The minimum absolute atomic E-state index is 0.0326. The Hall–Kier alpha value is -2.97. The fourth-order valence-electron chi connectivity index (χ4n) is 5.02. The van der Waals surface area contributed by atoms with E-state index in [0.29, 0.717) is 0 Å². The van der Waals surface area contributed by atoms with Gasteiger partial charge in [-0.15, -0.1) is 0 Å². The zero-order chi connectivity index (χ0) is 25.8. The fourth-order valence-corrected chi connectivity index (χ4v) is 5.02. The van der Waals surface area contributed by atoms with Crippen LogP contribution in [-0.2, 0) is 14.4 Å². The molecule has 0 aromatic heterocycles. The molecule has 1 saturated heterocycles. The van der Waals surface area contributed by atoms with Crippen molar-refractivity contribution in [2.24, 2.45) is 11.3 Å². The van der Waals surface area contributed by atoms with E-state index >= 15 is 0 Å². The smallest absolute Gasteiger partial charge is 0.305 e. The number of nitrogens with zero attached hydrogens (tertiary/aromatic N) is 2. The van der Waals surface area contributed by atoms with E-state index in [4.69, 9.17) is 0 Å². The zero-order valence-electron chi connectivity index (χ0n) is 20.8. The zero-order valence-corrected chi connectivity index (χ0v) is 20.8. The Labute approximate surface area is 205 Å². The van der Waals surface area contributed by atoms with Crippen LogP contribution in [0.4, 0.5) is 4.39 Å². The average molecular weight is 490 g/mol. The first kappa shape index (κ1) is 26.6. The standard InChI is InChI=1S/C26H36FN3O5/c1-26(2,3)16-21(31)29-13-14-30(25(35)18-9-11-19(27)12-10-18)24(29)23(34)28-20(15-22(32)33)17-7-5-4-6-8-17/h9-12,17,20,24H,4-8,13-16H2,1-3H3,(H,28,34)(H,32,33). The summed E-state index contributed by atoms with van der Waals surface area (Å²) < 4.78 is 13.4. The molecule has 2 unspecified atom stereocenters. The number of halogens is 1. The summed E-state index contributed by atoms with van der Waals surface area (Å²) in [4.78, 5) is 54.3. The summed E-state index contributed by atoms with van der Waals surface area (Å²) in [5, 5.41) is 12.3. The largest absolute Gasteiger partial charge is 0.481 e. The van der Waals surface area contributed by atoms with Crippen LogP contribution in [0.5, 0.6) is 0 Å². The van der Waals surface area contributed by atoms with Crippen LogP contribution < -0.4 is 5.32 Å². The first-order valence-electron chi connectivity index (χ1n) is 12.3. The van der Waals surface area contributed by atoms with E-state index in [0.717, 1.165) is 32.1 Å². The van der Waals surface area contributed by atoms with Crippen molar-refractivity contribution in [3.63, 3.8) is 0 Å². The van der Waals surface area contributed by atoms with Gasteiger partial charge in [0.05, 0.1) is 6.42 Å². The maximum absolute atomic E-state index is 13.6. The van der Waals surface area contributed by atoms with Crippen LogP contribution >= 0.6 is 0 Å². The molecule has 3 rings (SSSR count). The van der Waals surface area contributed by atoms with Gasteiger partial charge in [0.2, 0.25) is 5.91 Å². The molecule has 0 spiro atoms. The summed E-state index contributed by atoms with van der Waals surface area (Å²) in [6, 6.07) is 4.46.